The van der Waals surface area contributed by atoms with Crippen LogP contribution in [-0.4, -0.2) is 62.1 Å². The van der Waals surface area contributed by atoms with Gasteiger partial charge >= 0.3 is 22.2 Å². The fourth-order valence-corrected chi connectivity index (χ4v) is 8.71. The molecule has 1 unspecified atom stereocenters. The first-order chi connectivity index (χ1) is 23.3. The van der Waals surface area contributed by atoms with Crippen molar-refractivity contribution in [3.8, 4) is 11.3 Å². The Morgan fingerprint density at radius 1 is 0.918 bits per heavy atom. The molecule has 2 atom stereocenters. The molecule has 2 fully saturated rings. The fraction of sp³-hybridized carbons (Fsp3) is 0.314. The van der Waals surface area contributed by atoms with Crippen LogP contribution >= 0.6 is 0 Å². The fourth-order valence-electron chi connectivity index (χ4n) is 6.62. The van der Waals surface area contributed by atoms with Gasteiger partial charge in [0.25, 0.3) is 0 Å². The second-order valence-corrected chi connectivity index (χ2v) is 14.4. The molecule has 258 valence electrons. The molecule has 8 nitrogen and oxygen atoms in total. The highest BCUT2D eigenvalue weighted by Crippen LogP contribution is 2.36. The average Bonchev–Trinajstić information content (AvgIpc) is 3.50. The number of nitrogens with one attached hydrogen (secondary N) is 1. The van der Waals surface area contributed by atoms with Crippen molar-refractivity contribution >= 4 is 27.6 Å². The molecule has 0 radical (unpaired) electrons. The van der Waals surface area contributed by atoms with E-state index in [1.54, 1.807) is 37.3 Å². The van der Waals surface area contributed by atoms with E-state index in [0.717, 1.165) is 36.4 Å². The van der Waals surface area contributed by atoms with Crippen LogP contribution in [0.5, 0.6) is 0 Å². The number of urea groups is 1. The number of quaternary nitrogens is 1. The lowest BCUT2D eigenvalue weighted by molar-refractivity contribution is -0.733. The molecule has 0 aliphatic carbocycles. The molecule has 0 saturated carbocycles. The van der Waals surface area contributed by atoms with Crippen LogP contribution in [0.2, 0.25) is 0 Å². The Morgan fingerprint density at radius 3 is 2.18 bits per heavy atom. The number of piperazine rings is 1. The normalized spacial score (nSPS) is 20.0. The van der Waals surface area contributed by atoms with E-state index in [1.807, 2.05) is 9.80 Å². The molecular formula is C35H35F5N5O3S+. The number of likely N-dealkylation sites (tertiary alicyclic amines) is 1. The van der Waals surface area contributed by atoms with Crippen LogP contribution < -0.4 is 15.1 Å². The minimum Gasteiger partial charge on any atom is -0.366 e. The molecule has 49 heavy (non-hydrogen) atoms. The third kappa shape index (κ3) is 6.71. The van der Waals surface area contributed by atoms with E-state index in [9.17, 15) is 35.2 Å². The summed E-state index contributed by atoms with van der Waals surface area (Å²) >= 11 is 0. The van der Waals surface area contributed by atoms with Gasteiger partial charge in [0.1, 0.15) is 34.9 Å². The number of amides is 2. The molecule has 2 aliphatic rings. The number of hydrogen-bond acceptors (Lipinski definition) is 6. The maximum absolute atomic E-state index is 14.5. The van der Waals surface area contributed by atoms with Gasteiger partial charge in [-0.05, 0) is 73.2 Å². The second-order valence-electron chi connectivity index (χ2n) is 12.3. The summed E-state index contributed by atoms with van der Waals surface area (Å²) in [5.74, 6) is -0.423. The van der Waals surface area contributed by atoms with Crippen LogP contribution in [0.25, 0.3) is 11.3 Å². The second kappa shape index (κ2) is 13.4. The number of benzene rings is 3. The van der Waals surface area contributed by atoms with Gasteiger partial charge in [-0.25, -0.2) is 18.6 Å². The maximum Gasteiger partial charge on any atom is 0.432 e. The number of carbonyl (C=O) groups excluding carboxylic acids is 1. The molecule has 6 rings (SSSR count). The number of carbonyl (C=O) groups is 1. The number of anilines is 2. The lowest BCUT2D eigenvalue weighted by Crippen LogP contribution is -2.62. The summed E-state index contributed by atoms with van der Waals surface area (Å²) in [5.41, 5.74) is 1.02. The Balaban J connectivity index is 1.29. The van der Waals surface area contributed by atoms with E-state index in [-0.39, 0.29) is 23.8 Å². The Labute approximate surface area is 281 Å². The van der Waals surface area contributed by atoms with E-state index >= 15 is 0 Å². The first kappa shape index (κ1) is 34.3. The third-order valence-corrected chi connectivity index (χ3v) is 11.8. The van der Waals surface area contributed by atoms with Gasteiger partial charge in [0.2, 0.25) is 0 Å². The van der Waals surface area contributed by atoms with Gasteiger partial charge in [-0.1, -0.05) is 24.3 Å². The molecule has 0 spiro atoms. The minimum atomic E-state index is -4.51. The van der Waals surface area contributed by atoms with Gasteiger partial charge in [-0.2, -0.15) is 21.6 Å². The monoisotopic (exact) mass is 700 g/mol. The van der Waals surface area contributed by atoms with Crippen molar-refractivity contribution < 1.29 is 39.1 Å². The Bertz CT molecular complexity index is 1930. The molecule has 14 heteroatoms. The third-order valence-electron chi connectivity index (χ3n) is 9.33. The topological polar surface area (TPSA) is 82.6 Å². The van der Waals surface area contributed by atoms with Crippen LogP contribution in [0, 0.1) is 11.6 Å². The first-order valence-electron chi connectivity index (χ1n) is 15.9. The van der Waals surface area contributed by atoms with Crippen LogP contribution in [0.3, 0.4) is 0 Å². The van der Waals surface area contributed by atoms with Crippen LogP contribution in [0.4, 0.5) is 38.3 Å². The van der Waals surface area contributed by atoms with E-state index in [4.69, 9.17) is 4.98 Å². The van der Waals surface area contributed by atoms with Gasteiger partial charge in [-0.15, -0.1) is 3.89 Å². The molecule has 0 bridgehead atoms. The van der Waals surface area contributed by atoms with Crippen molar-refractivity contribution in [2.75, 3.05) is 42.5 Å². The lowest BCUT2D eigenvalue weighted by Gasteiger charge is -2.37. The minimum absolute atomic E-state index is 0.0391. The number of aromatic nitrogens is 1. The van der Waals surface area contributed by atoms with Crippen molar-refractivity contribution in [1.29, 1.82) is 0 Å². The van der Waals surface area contributed by atoms with Crippen LogP contribution in [-0.2, 0) is 22.7 Å². The van der Waals surface area contributed by atoms with Gasteiger partial charge in [-0.3, -0.25) is 0 Å². The Kier molecular flexibility index (Phi) is 9.38. The van der Waals surface area contributed by atoms with Crippen molar-refractivity contribution in [3.05, 3.63) is 108 Å². The first-order valence-corrected chi connectivity index (χ1v) is 17.3. The van der Waals surface area contributed by atoms with E-state index in [2.05, 4.69) is 5.32 Å². The number of sulfonamides is 1. The summed E-state index contributed by atoms with van der Waals surface area (Å²) < 4.78 is 95.0. The van der Waals surface area contributed by atoms with Gasteiger partial charge in [0, 0.05) is 51.1 Å². The standard InChI is InChI=1S/C35H34F5N5O3S/c1-24-5-4-20-45(24,49(47,48)29-14-12-28(36)13-15-29)34(46)41-23-25-21-31(26-8-10-27(11-9-26)35(38,39)40)42-33(22-25)44-18-16-43(17-19-44)32-7-3-2-6-30(32)37/h2-3,6-15,21-22,24H,4-5,16-20,23H2,1H3/p+1/t24-,45?/m1/s1. The molecule has 1 aromatic heterocycles. The molecule has 3 aromatic carbocycles. The maximum atomic E-state index is 14.5. The number of para-hydroxylation sites is 1. The summed E-state index contributed by atoms with van der Waals surface area (Å²) in [7, 11) is -4.28. The van der Waals surface area contributed by atoms with E-state index in [0.29, 0.717) is 67.3 Å². The average molecular weight is 701 g/mol. The molecule has 3 heterocycles. The zero-order chi connectivity index (χ0) is 35.0. The lowest BCUT2D eigenvalue weighted by atomic mass is 10.1. The smallest absolute Gasteiger partial charge is 0.366 e. The highest BCUT2D eigenvalue weighted by Gasteiger charge is 2.56. The Hall–Kier alpha value is -4.56. The van der Waals surface area contributed by atoms with Crippen molar-refractivity contribution in [2.24, 2.45) is 0 Å². The summed E-state index contributed by atoms with van der Waals surface area (Å²) in [6.45, 7) is 3.55. The largest absolute Gasteiger partial charge is 0.432 e. The Morgan fingerprint density at radius 2 is 1.57 bits per heavy atom. The highest BCUT2D eigenvalue weighted by molar-refractivity contribution is 7.86. The summed E-state index contributed by atoms with van der Waals surface area (Å²) in [4.78, 5) is 22.4. The number of pyridine rings is 1. The molecule has 4 aromatic rings. The van der Waals surface area contributed by atoms with Crippen molar-refractivity contribution in [1.82, 2.24) is 10.3 Å². The van der Waals surface area contributed by atoms with Crippen molar-refractivity contribution in [3.63, 3.8) is 0 Å². The molecule has 2 saturated heterocycles. The molecular weight excluding hydrogens is 665 g/mol. The summed E-state index contributed by atoms with van der Waals surface area (Å²) in [5, 5.41) is 2.81. The zero-order valence-corrected chi connectivity index (χ0v) is 27.4. The van der Waals surface area contributed by atoms with Gasteiger partial charge in [0.05, 0.1) is 16.9 Å². The summed E-state index contributed by atoms with van der Waals surface area (Å²) in [6, 6.07) is 17.6. The highest BCUT2D eigenvalue weighted by atomic mass is 32.2. The van der Waals surface area contributed by atoms with Crippen molar-refractivity contribution in [2.45, 2.75) is 43.4 Å². The van der Waals surface area contributed by atoms with Gasteiger partial charge < -0.3 is 15.1 Å². The van der Waals surface area contributed by atoms with E-state index < -0.39 is 43.5 Å². The van der Waals surface area contributed by atoms with E-state index in [1.165, 1.54) is 18.2 Å². The number of nitrogens with zero attached hydrogens (tertiary/aromatic N) is 4. The number of halogens is 5. The molecule has 2 aliphatic heterocycles. The number of rotatable bonds is 7. The van der Waals surface area contributed by atoms with Crippen LogP contribution in [0.15, 0.2) is 89.8 Å². The number of alkyl halides is 3. The van der Waals surface area contributed by atoms with Gasteiger partial charge in [0.15, 0.2) is 0 Å². The quantitative estimate of drug-likeness (QED) is 0.166. The predicted octanol–water partition coefficient (Wildman–Crippen LogP) is 6.97. The molecule has 1 N–H and O–H groups in total. The SMILES string of the molecule is C[C@@H]1CCC[N+]1(C(=O)NCc1cc(-c2ccc(C(F)(F)F)cc2)nc(N2CCN(c3ccccc3F)CC2)c1)S(=O)(=O)c1ccc(F)cc1. The van der Waals surface area contributed by atoms with Crippen LogP contribution in [0.1, 0.15) is 30.9 Å². The summed E-state index contributed by atoms with van der Waals surface area (Å²) in [6.07, 6.45) is -3.53. The predicted molar refractivity (Wildman–Crippen MR) is 175 cm³/mol. The molecule has 2 amide bonds. The number of hydrogen-bond donors (Lipinski definition) is 1. The zero-order valence-electron chi connectivity index (χ0n) is 26.6.